The molecule has 20 heavy (non-hydrogen) atoms. The van der Waals surface area contributed by atoms with Crippen molar-refractivity contribution in [2.24, 2.45) is 5.92 Å². The SMILES string of the molecule is CCCC1CCN(CCOc2ccc(B(O)O)cc2)C1. The van der Waals surface area contributed by atoms with Crippen LogP contribution in [0.2, 0.25) is 0 Å². The number of nitrogens with zero attached hydrogens (tertiary/aromatic N) is 1. The Morgan fingerprint density at radius 1 is 1.30 bits per heavy atom. The Balaban J connectivity index is 1.68. The molecular formula is C15H24BNO3. The summed E-state index contributed by atoms with van der Waals surface area (Å²) in [5.41, 5.74) is 0.485. The highest BCUT2D eigenvalue weighted by molar-refractivity contribution is 6.58. The van der Waals surface area contributed by atoms with Gasteiger partial charge in [-0.2, -0.15) is 0 Å². The summed E-state index contributed by atoms with van der Waals surface area (Å²) in [6.45, 7) is 6.28. The molecule has 0 aliphatic carbocycles. The molecular weight excluding hydrogens is 253 g/mol. The van der Waals surface area contributed by atoms with Gasteiger partial charge in [0.1, 0.15) is 12.4 Å². The van der Waals surface area contributed by atoms with Gasteiger partial charge in [-0.1, -0.05) is 25.5 Å². The van der Waals surface area contributed by atoms with Crippen molar-refractivity contribution in [1.29, 1.82) is 0 Å². The first-order valence-electron chi connectivity index (χ1n) is 7.50. The molecule has 0 radical (unpaired) electrons. The molecule has 2 rings (SSSR count). The molecule has 1 aliphatic heterocycles. The van der Waals surface area contributed by atoms with Gasteiger partial charge in [0.05, 0.1) is 0 Å². The Bertz CT molecular complexity index is 397. The molecule has 0 amide bonds. The summed E-state index contributed by atoms with van der Waals surface area (Å²) in [7, 11) is -1.41. The number of ether oxygens (including phenoxy) is 1. The lowest BCUT2D eigenvalue weighted by Crippen LogP contribution is -2.29. The van der Waals surface area contributed by atoms with Gasteiger partial charge in [-0.15, -0.1) is 0 Å². The molecule has 1 aromatic carbocycles. The van der Waals surface area contributed by atoms with Crippen LogP contribution in [-0.2, 0) is 0 Å². The van der Waals surface area contributed by atoms with E-state index in [0.717, 1.165) is 18.2 Å². The van der Waals surface area contributed by atoms with Gasteiger partial charge in [-0.05, 0) is 42.9 Å². The summed E-state index contributed by atoms with van der Waals surface area (Å²) < 4.78 is 5.69. The zero-order chi connectivity index (χ0) is 14.4. The summed E-state index contributed by atoms with van der Waals surface area (Å²) in [5.74, 6) is 1.64. The molecule has 1 atom stereocenters. The second-order valence-electron chi connectivity index (χ2n) is 5.54. The van der Waals surface area contributed by atoms with Crippen LogP contribution in [-0.4, -0.2) is 48.3 Å². The highest BCUT2D eigenvalue weighted by Crippen LogP contribution is 2.20. The van der Waals surface area contributed by atoms with Crippen molar-refractivity contribution in [1.82, 2.24) is 4.90 Å². The minimum Gasteiger partial charge on any atom is -0.492 e. The van der Waals surface area contributed by atoms with Crippen LogP contribution in [0.25, 0.3) is 0 Å². The number of benzene rings is 1. The van der Waals surface area contributed by atoms with E-state index in [1.54, 1.807) is 24.3 Å². The van der Waals surface area contributed by atoms with E-state index in [0.29, 0.717) is 12.1 Å². The van der Waals surface area contributed by atoms with Gasteiger partial charge in [0.15, 0.2) is 0 Å². The lowest BCUT2D eigenvalue weighted by Gasteiger charge is -2.16. The maximum atomic E-state index is 9.01. The maximum absolute atomic E-state index is 9.01. The zero-order valence-corrected chi connectivity index (χ0v) is 12.2. The van der Waals surface area contributed by atoms with E-state index in [-0.39, 0.29) is 0 Å². The third kappa shape index (κ3) is 4.51. The second-order valence-corrected chi connectivity index (χ2v) is 5.54. The van der Waals surface area contributed by atoms with Crippen LogP contribution in [0.4, 0.5) is 0 Å². The fourth-order valence-electron chi connectivity index (χ4n) is 2.79. The molecule has 1 aromatic rings. The van der Waals surface area contributed by atoms with E-state index in [1.807, 2.05) is 0 Å². The summed E-state index contributed by atoms with van der Waals surface area (Å²) in [6, 6.07) is 6.90. The fraction of sp³-hybridized carbons (Fsp3) is 0.600. The first-order chi connectivity index (χ1) is 9.69. The fourth-order valence-corrected chi connectivity index (χ4v) is 2.79. The second kappa shape index (κ2) is 7.67. The molecule has 110 valence electrons. The smallest absolute Gasteiger partial charge is 0.488 e. The molecule has 0 saturated carbocycles. The number of rotatable bonds is 7. The lowest BCUT2D eigenvalue weighted by atomic mass is 9.80. The highest BCUT2D eigenvalue weighted by Gasteiger charge is 2.21. The molecule has 0 spiro atoms. The Morgan fingerprint density at radius 2 is 2.05 bits per heavy atom. The van der Waals surface area contributed by atoms with Crippen LogP contribution < -0.4 is 10.2 Å². The van der Waals surface area contributed by atoms with Crippen LogP contribution in [0.3, 0.4) is 0 Å². The topological polar surface area (TPSA) is 52.9 Å². The molecule has 0 aromatic heterocycles. The quantitative estimate of drug-likeness (QED) is 0.726. The summed E-state index contributed by atoms with van der Waals surface area (Å²) in [5, 5.41) is 18.0. The van der Waals surface area contributed by atoms with Gasteiger partial charge in [0.25, 0.3) is 0 Å². The summed E-state index contributed by atoms with van der Waals surface area (Å²) in [4.78, 5) is 2.46. The molecule has 2 N–H and O–H groups in total. The molecule has 1 saturated heterocycles. The monoisotopic (exact) mass is 277 g/mol. The first kappa shape index (κ1) is 15.4. The predicted molar refractivity (Wildman–Crippen MR) is 81.2 cm³/mol. The normalized spacial score (nSPS) is 19.2. The van der Waals surface area contributed by atoms with E-state index in [1.165, 1.54) is 32.4 Å². The van der Waals surface area contributed by atoms with Crippen molar-refractivity contribution < 1.29 is 14.8 Å². The first-order valence-corrected chi connectivity index (χ1v) is 7.50. The van der Waals surface area contributed by atoms with E-state index in [9.17, 15) is 0 Å². The molecule has 5 heteroatoms. The lowest BCUT2D eigenvalue weighted by molar-refractivity contribution is 0.232. The van der Waals surface area contributed by atoms with Crippen molar-refractivity contribution in [2.75, 3.05) is 26.2 Å². The Labute approximate surface area is 121 Å². The summed E-state index contributed by atoms with van der Waals surface area (Å²) in [6.07, 6.45) is 3.93. The average molecular weight is 277 g/mol. The van der Waals surface area contributed by atoms with Gasteiger partial charge in [-0.25, -0.2) is 0 Å². The van der Waals surface area contributed by atoms with Crippen molar-refractivity contribution in [3.8, 4) is 5.75 Å². The Hall–Kier alpha value is -1.04. The van der Waals surface area contributed by atoms with Crippen molar-refractivity contribution >= 4 is 12.6 Å². The van der Waals surface area contributed by atoms with Crippen LogP contribution in [0.1, 0.15) is 26.2 Å². The van der Waals surface area contributed by atoms with Crippen LogP contribution in [0, 0.1) is 5.92 Å². The van der Waals surface area contributed by atoms with Gasteiger partial charge in [0.2, 0.25) is 0 Å². The third-order valence-electron chi connectivity index (χ3n) is 3.92. The highest BCUT2D eigenvalue weighted by atomic mass is 16.5. The number of likely N-dealkylation sites (tertiary alicyclic amines) is 1. The predicted octanol–water partition coefficient (Wildman–Crippen LogP) is 0.867. The molecule has 1 heterocycles. The standard InChI is InChI=1S/C15H24BNO3/c1-2-3-13-8-9-17(12-13)10-11-20-15-6-4-14(5-7-15)16(18)19/h4-7,13,18-19H,2-3,8-12H2,1H3. The molecule has 1 fully saturated rings. The molecule has 1 unspecified atom stereocenters. The molecule has 0 bridgehead atoms. The minimum atomic E-state index is -1.41. The van der Waals surface area contributed by atoms with E-state index in [2.05, 4.69) is 11.8 Å². The van der Waals surface area contributed by atoms with Crippen molar-refractivity contribution in [3.05, 3.63) is 24.3 Å². The van der Waals surface area contributed by atoms with Crippen LogP contribution in [0.5, 0.6) is 5.75 Å². The largest absolute Gasteiger partial charge is 0.492 e. The van der Waals surface area contributed by atoms with Crippen molar-refractivity contribution in [2.45, 2.75) is 26.2 Å². The number of hydrogen-bond acceptors (Lipinski definition) is 4. The number of hydrogen-bond donors (Lipinski definition) is 2. The van der Waals surface area contributed by atoms with Gasteiger partial charge >= 0.3 is 7.12 Å². The van der Waals surface area contributed by atoms with Crippen LogP contribution in [0.15, 0.2) is 24.3 Å². The summed E-state index contributed by atoms with van der Waals surface area (Å²) >= 11 is 0. The maximum Gasteiger partial charge on any atom is 0.488 e. The third-order valence-corrected chi connectivity index (χ3v) is 3.92. The Kier molecular flexibility index (Phi) is 5.89. The van der Waals surface area contributed by atoms with E-state index >= 15 is 0 Å². The van der Waals surface area contributed by atoms with Gasteiger partial charge in [0, 0.05) is 13.1 Å². The Morgan fingerprint density at radius 3 is 2.70 bits per heavy atom. The van der Waals surface area contributed by atoms with Crippen LogP contribution >= 0.6 is 0 Å². The van der Waals surface area contributed by atoms with Crippen molar-refractivity contribution in [3.63, 3.8) is 0 Å². The molecule has 1 aliphatic rings. The molecule has 4 nitrogen and oxygen atoms in total. The average Bonchev–Trinajstić information content (AvgIpc) is 2.87. The van der Waals surface area contributed by atoms with Gasteiger partial charge < -0.3 is 14.8 Å². The van der Waals surface area contributed by atoms with E-state index < -0.39 is 7.12 Å². The van der Waals surface area contributed by atoms with E-state index in [4.69, 9.17) is 14.8 Å². The minimum absolute atomic E-state index is 0.485. The zero-order valence-electron chi connectivity index (χ0n) is 12.2. The van der Waals surface area contributed by atoms with Gasteiger partial charge in [-0.3, -0.25) is 4.90 Å².